The molecule has 0 unspecified atom stereocenters. The molecule has 2 aromatic heterocycles. The van der Waals surface area contributed by atoms with Gasteiger partial charge in [-0.1, -0.05) is 72.3 Å². The Bertz CT molecular complexity index is 1400. The number of amides is 1. The molecule has 5 heteroatoms. The van der Waals surface area contributed by atoms with E-state index in [-0.39, 0.29) is 18.2 Å². The first-order valence-corrected chi connectivity index (χ1v) is 11.0. The Morgan fingerprint density at radius 3 is 2.66 bits per heavy atom. The number of fused-ring (bicyclic) bond motifs is 2. The zero-order valence-corrected chi connectivity index (χ0v) is 18.1. The number of hydrogen-bond donors (Lipinski definition) is 2. The fourth-order valence-electron chi connectivity index (χ4n) is 4.29. The molecule has 2 N–H and O–H groups in total. The van der Waals surface area contributed by atoms with E-state index in [1.807, 2.05) is 72.9 Å². The molecule has 0 radical (unpaired) electrons. The van der Waals surface area contributed by atoms with Crippen LogP contribution in [-0.4, -0.2) is 22.4 Å². The fourth-order valence-corrected chi connectivity index (χ4v) is 4.56. The van der Waals surface area contributed by atoms with E-state index in [0.717, 1.165) is 38.5 Å². The summed E-state index contributed by atoms with van der Waals surface area (Å²) < 4.78 is 0. The molecule has 3 aromatic carbocycles. The highest BCUT2D eigenvalue weighted by Gasteiger charge is 2.21. The molecular weight excluding hydrogens is 418 g/mol. The van der Waals surface area contributed by atoms with Crippen molar-refractivity contribution in [3.63, 3.8) is 0 Å². The molecule has 1 atom stereocenters. The van der Waals surface area contributed by atoms with Crippen LogP contribution in [0.4, 0.5) is 0 Å². The molecule has 5 rings (SSSR count). The number of hydrogen-bond acceptors (Lipinski definition) is 2. The third kappa shape index (κ3) is 3.97. The van der Waals surface area contributed by atoms with E-state index in [0.29, 0.717) is 11.6 Å². The van der Waals surface area contributed by atoms with Gasteiger partial charge in [-0.25, -0.2) is 0 Å². The highest BCUT2D eigenvalue weighted by molar-refractivity contribution is 6.31. The predicted molar refractivity (Wildman–Crippen MR) is 130 cm³/mol. The number of H-pyrrole nitrogens is 1. The van der Waals surface area contributed by atoms with Crippen LogP contribution in [-0.2, 0) is 11.2 Å². The number of para-hydroxylation sites is 2. The third-order valence-corrected chi connectivity index (χ3v) is 6.19. The van der Waals surface area contributed by atoms with Gasteiger partial charge in [0.1, 0.15) is 0 Å². The first-order chi connectivity index (χ1) is 15.7. The normalized spacial score (nSPS) is 12.2. The van der Waals surface area contributed by atoms with Gasteiger partial charge < -0.3 is 10.3 Å². The highest BCUT2D eigenvalue weighted by atomic mass is 35.5. The maximum Gasteiger partial charge on any atom is 0.224 e. The Balaban J connectivity index is 1.42. The number of rotatable bonds is 6. The number of carbonyl (C=O) groups excluding carboxylic acids is 1. The van der Waals surface area contributed by atoms with E-state index in [4.69, 9.17) is 11.6 Å². The molecule has 0 bridgehead atoms. The summed E-state index contributed by atoms with van der Waals surface area (Å²) in [4.78, 5) is 20.7. The molecule has 0 aliphatic carbocycles. The summed E-state index contributed by atoms with van der Waals surface area (Å²) >= 11 is 6.57. The number of pyridine rings is 1. The summed E-state index contributed by atoms with van der Waals surface area (Å²) in [6.07, 6.45) is 4.05. The van der Waals surface area contributed by atoms with Crippen LogP contribution < -0.4 is 5.32 Å². The average Bonchev–Trinajstić information content (AvgIpc) is 3.25. The summed E-state index contributed by atoms with van der Waals surface area (Å²) in [6.45, 7) is 0.447. The topological polar surface area (TPSA) is 57.8 Å². The summed E-state index contributed by atoms with van der Waals surface area (Å²) in [5, 5.41) is 5.99. The van der Waals surface area contributed by atoms with Crippen LogP contribution in [0.25, 0.3) is 21.8 Å². The molecule has 0 fully saturated rings. The van der Waals surface area contributed by atoms with Gasteiger partial charge >= 0.3 is 0 Å². The largest absolute Gasteiger partial charge is 0.361 e. The van der Waals surface area contributed by atoms with Gasteiger partial charge in [0.2, 0.25) is 5.91 Å². The number of nitrogens with one attached hydrogen (secondary N) is 2. The van der Waals surface area contributed by atoms with Crippen molar-refractivity contribution in [1.29, 1.82) is 0 Å². The predicted octanol–water partition coefficient (Wildman–Crippen LogP) is 5.86. The molecular formula is C27H22ClN3O. The molecule has 0 aliphatic rings. The lowest BCUT2D eigenvalue weighted by molar-refractivity contribution is -0.120. The van der Waals surface area contributed by atoms with Gasteiger partial charge in [0.05, 0.1) is 11.9 Å². The van der Waals surface area contributed by atoms with Crippen LogP contribution in [0, 0.1) is 0 Å². The van der Waals surface area contributed by atoms with Crippen LogP contribution in [0.3, 0.4) is 0 Å². The monoisotopic (exact) mass is 439 g/mol. The second-order valence-corrected chi connectivity index (χ2v) is 8.24. The Kier molecular flexibility index (Phi) is 5.61. The number of aromatic amines is 1. The Hall–Kier alpha value is -3.63. The molecule has 0 aliphatic heterocycles. The summed E-state index contributed by atoms with van der Waals surface area (Å²) in [7, 11) is 0. The summed E-state index contributed by atoms with van der Waals surface area (Å²) in [6, 6.07) is 25.8. The lowest BCUT2D eigenvalue weighted by Crippen LogP contribution is -2.30. The number of halogens is 1. The Morgan fingerprint density at radius 1 is 0.938 bits per heavy atom. The van der Waals surface area contributed by atoms with Gasteiger partial charge in [-0.15, -0.1) is 0 Å². The lowest BCUT2D eigenvalue weighted by atomic mass is 9.90. The first kappa shape index (κ1) is 20.3. The maximum atomic E-state index is 12.9. The van der Waals surface area contributed by atoms with E-state index >= 15 is 0 Å². The van der Waals surface area contributed by atoms with Crippen LogP contribution in [0.15, 0.2) is 91.3 Å². The molecule has 0 saturated heterocycles. The SMILES string of the molecule is O=C(Cc1cccc2cccnc12)NC[C@H](c1ccccc1Cl)c1c[nH]c2ccccc12. The quantitative estimate of drug-likeness (QED) is 0.348. The van der Waals surface area contributed by atoms with Crippen LogP contribution in [0.1, 0.15) is 22.6 Å². The van der Waals surface area contributed by atoms with Crippen molar-refractivity contribution in [2.45, 2.75) is 12.3 Å². The van der Waals surface area contributed by atoms with Crippen LogP contribution >= 0.6 is 11.6 Å². The minimum Gasteiger partial charge on any atom is -0.361 e. The molecule has 5 aromatic rings. The van der Waals surface area contributed by atoms with E-state index in [9.17, 15) is 4.79 Å². The second-order valence-electron chi connectivity index (χ2n) is 7.84. The van der Waals surface area contributed by atoms with Crippen molar-refractivity contribution in [2.24, 2.45) is 0 Å². The first-order valence-electron chi connectivity index (χ1n) is 10.6. The Labute approximate surface area is 191 Å². The van der Waals surface area contributed by atoms with Gasteiger partial charge in [-0.05, 0) is 34.9 Å². The second kappa shape index (κ2) is 8.85. The summed E-state index contributed by atoms with van der Waals surface area (Å²) in [5.74, 6) is -0.116. The smallest absolute Gasteiger partial charge is 0.224 e. The van der Waals surface area contributed by atoms with Gasteiger partial charge in [0.25, 0.3) is 0 Å². The van der Waals surface area contributed by atoms with Gasteiger partial charge in [0.15, 0.2) is 0 Å². The van der Waals surface area contributed by atoms with E-state index in [2.05, 4.69) is 27.4 Å². The third-order valence-electron chi connectivity index (χ3n) is 5.85. The molecule has 4 nitrogen and oxygen atoms in total. The maximum absolute atomic E-state index is 12.9. The number of nitrogens with zero attached hydrogens (tertiary/aromatic N) is 1. The molecule has 0 spiro atoms. The molecule has 158 valence electrons. The zero-order chi connectivity index (χ0) is 21.9. The van der Waals surface area contributed by atoms with Crippen molar-refractivity contribution < 1.29 is 4.79 Å². The van der Waals surface area contributed by atoms with Crippen molar-refractivity contribution in [3.8, 4) is 0 Å². The minimum absolute atomic E-state index is 0.0416. The highest BCUT2D eigenvalue weighted by Crippen LogP contribution is 2.34. The number of aromatic nitrogens is 2. The van der Waals surface area contributed by atoms with Crippen molar-refractivity contribution >= 4 is 39.3 Å². The lowest BCUT2D eigenvalue weighted by Gasteiger charge is -2.19. The van der Waals surface area contributed by atoms with E-state index in [1.165, 1.54) is 0 Å². The molecule has 32 heavy (non-hydrogen) atoms. The Morgan fingerprint density at radius 2 is 1.75 bits per heavy atom. The van der Waals surface area contributed by atoms with Crippen molar-refractivity contribution in [2.75, 3.05) is 6.54 Å². The van der Waals surface area contributed by atoms with Crippen LogP contribution in [0.2, 0.25) is 5.02 Å². The minimum atomic E-state index is -0.0746. The zero-order valence-electron chi connectivity index (χ0n) is 17.4. The number of carbonyl (C=O) groups is 1. The standard InChI is InChI=1S/C27H22ClN3O/c28-24-12-3-1-10-20(24)22(23-16-30-25-13-4-2-11-21(23)25)17-31-26(32)15-19-8-5-7-18-9-6-14-29-27(18)19/h1-14,16,22,30H,15,17H2,(H,31,32)/t22-/m1/s1. The molecule has 2 heterocycles. The van der Waals surface area contributed by atoms with Gasteiger partial charge in [-0.3, -0.25) is 9.78 Å². The fraction of sp³-hybridized carbons (Fsp3) is 0.111. The van der Waals surface area contributed by atoms with E-state index in [1.54, 1.807) is 6.20 Å². The van der Waals surface area contributed by atoms with Crippen molar-refractivity contribution in [3.05, 3.63) is 113 Å². The van der Waals surface area contributed by atoms with Crippen molar-refractivity contribution in [1.82, 2.24) is 15.3 Å². The average molecular weight is 440 g/mol. The van der Waals surface area contributed by atoms with E-state index < -0.39 is 0 Å². The molecule has 1 amide bonds. The summed E-state index contributed by atoms with van der Waals surface area (Å²) in [5.41, 5.74) is 4.95. The number of benzene rings is 3. The van der Waals surface area contributed by atoms with Crippen LogP contribution in [0.5, 0.6) is 0 Å². The van der Waals surface area contributed by atoms with Gasteiger partial charge in [0, 0.05) is 46.2 Å². The van der Waals surface area contributed by atoms with Gasteiger partial charge in [-0.2, -0.15) is 0 Å². The molecule has 0 saturated carbocycles.